The minimum atomic E-state index is -3.80. The molecule has 0 amide bonds. The van der Waals surface area contributed by atoms with Gasteiger partial charge >= 0.3 is 11.9 Å². The highest BCUT2D eigenvalue weighted by Gasteiger charge is 2.38. The van der Waals surface area contributed by atoms with Crippen LogP contribution in [0.25, 0.3) is 0 Å². The Balaban J connectivity index is 3.84. The van der Waals surface area contributed by atoms with E-state index < -0.39 is 24.0 Å². The fourth-order valence-corrected chi connectivity index (χ4v) is 0.419. The molecule has 0 aromatic carbocycles. The van der Waals surface area contributed by atoms with E-state index in [1.165, 1.54) is 0 Å². The highest BCUT2D eigenvalue weighted by molar-refractivity contribution is 5.75. The number of carbonyl (C=O) groups is 1. The van der Waals surface area contributed by atoms with Crippen LogP contribution in [0.1, 0.15) is 20.8 Å². The molecule has 0 unspecified atom stereocenters. The van der Waals surface area contributed by atoms with Gasteiger partial charge in [0.2, 0.25) is 0 Å². The molecule has 0 spiro atoms. The maximum absolute atomic E-state index is 12.4. The van der Waals surface area contributed by atoms with E-state index in [0.717, 1.165) is 0 Å². The minimum Gasteiger partial charge on any atom is -0.477 e. The summed E-state index contributed by atoms with van der Waals surface area (Å²) in [6.07, 6.45) is 0. The highest BCUT2D eigenvalue weighted by Crippen LogP contribution is 2.12. The average Bonchev–Trinajstić information content (AvgIpc) is 1.82. The van der Waals surface area contributed by atoms with Crippen LogP contribution in [0.5, 0.6) is 0 Å². The van der Waals surface area contributed by atoms with Gasteiger partial charge < -0.3 is 5.11 Å². The lowest BCUT2D eigenvalue weighted by Crippen LogP contribution is -2.42. The van der Waals surface area contributed by atoms with Crippen LogP contribution in [0.2, 0.25) is 0 Å². The van der Waals surface area contributed by atoms with Gasteiger partial charge in [0, 0.05) is 0 Å². The average molecular weight is 197 g/mol. The number of hydrogen-bond acceptors (Lipinski definition) is 3. The van der Waals surface area contributed by atoms with Crippen LogP contribution >= 0.6 is 0 Å². The molecular weight excluding hydrogens is 184 g/mol. The van der Waals surface area contributed by atoms with Crippen molar-refractivity contribution in [3.05, 3.63) is 0 Å². The molecule has 0 saturated heterocycles. The summed E-state index contributed by atoms with van der Waals surface area (Å²) in [5.41, 5.74) is 1.29. The smallest absolute Gasteiger partial charge is 0.376 e. The molecule has 6 heteroatoms. The fourth-order valence-electron chi connectivity index (χ4n) is 0.419. The lowest BCUT2D eigenvalue weighted by molar-refractivity contribution is -0.172. The highest BCUT2D eigenvalue weighted by atomic mass is 19.3. The van der Waals surface area contributed by atoms with Gasteiger partial charge in [0.1, 0.15) is 0 Å². The SMILES string of the molecule is CC(C)(C)ONCC(F)(F)C(=O)O. The molecule has 0 aromatic rings. The number of rotatable bonds is 4. The molecule has 0 aromatic heterocycles. The van der Waals surface area contributed by atoms with E-state index in [-0.39, 0.29) is 0 Å². The number of carboxylic acids is 1. The number of hydroxylamine groups is 1. The first kappa shape index (κ1) is 12.2. The summed E-state index contributed by atoms with van der Waals surface area (Å²) < 4.78 is 24.8. The van der Waals surface area contributed by atoms with Gasteiger partial charge in [-0.2, -0.15) is 14.3 Å². The van der Waals surface area contributed by atoms with E-state index in [9.17, 15) is 13.6 Å². The number of alkyl halides is 2. The molecule has 0 aliphatic rings. The predicted molar refractivity (Wildman–Crippen MR) is 41.4 cm³/mol. The summed E-state index contributed by atoms with van der Waals surface area (Å²) in [5, 5.41) is 8.03. The Bertz CT molecular complexity index is 189. The van der Waals surface area contributed by atoms with Crippen molar-refractivity contribution in [2.24, 2.45) is 0 Å². The standard InChI is InChI=1S/C7H13F2NO3/c1-6(2,3)13-10-4-7(8,9)5(11)12/h10H,4H2,1-3H3,(H,11,12). The van der Waals surface area contributed by atoms with Crippen molar-refractivity contribution in [1.82, 2.24) is 5.48 Å². The summed E-state index contributed by atoms with van der Waals surface area (Å²) in [6.45, 7) is 3.91. The molecule has 0 saturated carbocycles. The van der Waals surface area contributed by atoms with E-state index in [2.05, 4.69) is 0 Å². The third-order valence-electron chi connectivity index (χ3n) is 0.985. The number of hydrogen-bond donors (Lipinski definition) is 2. The topological polar surface area (TPSA) is 58.6 Å². The van der Waals surface area contributed by atoms with Gasteiger partial charge in [0.25, 0.3) is 0 Å². The molecule has 13 heavy (non-hydrogen) atoms. The molecule has 0 fully saturated rings. The summed E-state index contributed by atoms with van der Waals surface area (Å²) in [5.74, 6) is -5.97. The molecule has 0 rings (SSSR count). The molecule has 0 radical (unpaired) electrons. The Morgan fingerprint density at radius 1 is 1.46 bits per heavy atom. The second-order valence-electron chi connectivity index (χ2n) is 3.55. The molecule has 0 heterocycles. The number of halogens is 2. The zero-order valence-corrected chi connectivity index (χ0v) is 7.73. The van der Waals surface area contributed by atoms with Crippen molar-refractivity contribution < 1.29 is 23.5 Å². The summed E-state index contributed by atoms with van der Waals surface area (Å²) in [6, 6.07) is 0. The van der Waals surface area contributed by atoms with Gasteiger partial charge in [-0.05, 0) is 20.8 Å². The quantitative estimate of drug-likeness (QED) is 0.661. The van der Waals surface area contributed by atoms with E-state index in [1.54, 1.807) is 20.8 Å². The first-order valence-electron chi connectivity index (χ1n) is 3.67. The van der Waals surface area contributed by atoms with Gasteiger partial charge in [-0.3, -0.25) is 4.84 Å². The van der Waals surface area contributed by atoms with Crippen LogP contribution in [0.15, 0.2) is 0 Å². The van der Waals surface area contributed by atoms with Crippen LogP contribution in [0.3, 0.4) is 0 Å². The molecule has 78 valence electrons. The first-order chi connectivity index (χ1) is 5.65. The molecule has 0 aliphatic heterocycles. The molecule has 0 atom stereocenters. The van der Waals surface area contributed by atoms with Crippen molar-refractivity contribution in [3.8, 4) is 0 Å². The van der Waals surface area contributed by atoms with Crippen molar-refractivity contribution in [3.63, 3.8) is 0 Å². The lowest BCUT2D eigenvalue weighted by Gasteiger charge is -2.20. The molecule has 0 aliphatic carbocycles. The first-order valence-corrected chi connectivity index (χ1v) is 3.67. The van der Waals surface area contributed by atoms with Crippen LogP contribution in [0.4, 0.5) is 8.78 Å². The maximum Gasteiger partial charge on any atom is 0.376 e. The fraction of sp³-hybridized carbons (Fsp3) is 0.857. The Labute approximate surface area is 74.8 Å². The van der Waals surface area contributed by atoms with Crippen LogP contribution < -0.4 is 5.48 Å². The second kappa shape index (κ2) is 3.97. The van der Waals surface area contributed by atoms with Crippen molar-refractivity contribution >= 4 is 5.97 Å². The summed E-state index contributed by atoms with van der Waals surface area (Å²) in [7, 11) is 0. The van der Waals surface area contributed by atoms with Crippen molar-refractivity contribution in [2.45, 2.75) is 32.3 Å². The Hall–Kier alpha value is -0.750. The lowest BCUT2D eigenvalue weighted by atomic mass is 10.2. The van der Waals surface area contributed by atoms with Gasteiger partial charge in [0.05, 0.1) is 12.1 Å². The monoisotopic (exact) mass is 197 g/mol. The van der Waals surface area contributed by atoms with Crippen molar-refractivity contribution in [2.75, 3.05) is 6.54 Å². The third kappa shape index (κ3) is 5.48. The van der Waals surface area contributed by atoms with Gasteiger partial charge in [-0.1, -0.05) is 0 Å². The second-order valence-corrected chi connectivity index (χ2v) is 3.55. The van der Waals surface area contributed by atoms with E-state index in [1.807, 2.05) is 5.48 Å². The Kier molecular flexibility index (Phi) is 3.74. The molecule has 2 N–H and O–H groups in total. The van der Waals surface area contributed by atoms with Gasteiger partial charge in [0.15, 0.2) is 0 Å². The van der Waals surface area contributed by atoms with E-state index in [0.29, 0.717) is 0 Å². The Morgan fingerprint density at radius 3 is 2.23 bits per heavy atom. The van der Waals surface area contributed by atoms with E-state index >= 15 is 0 Å². The Morgan fingerprint density at radius 2 is 1.92 bits per heavy atom. The maximum atomic E-state index is 12.4. The predicted octanol–water partition coefficient (Wildman–Crippen LogP) is 1.03. The van der Waals surface area contributed by atoms with Crippen LogP contribution in [-0.4, -0.2) is 29.1 Å². The third-order valence-corrected chi connectivity index (χ3v) is 0.985. The van der Waals surface area contributed by atoms with E-state index in [4.69, 9.17) is 9.94 Å². The van der Waals surface area contributed by atoms with Crippen LogP contribution in [-0.2, 0) is 9.63 Å². The summed E-state index contributed by atoms with van der Waals surface area (Å²) >= 11 is 0. The zero-order valence-electron chi connectivity index (χ0n) is 7.73. The normalized spacial score (nSPS) is 13.0. The van der Waals surface area contributed by atoms with Crippen molar-refractivity contribution in [1.29, 1.82) is 0 Å². The molecule has 0 bridgehead atoms. The largest absolute Gasteiger partial charge is 0.477 e. The number of aliphatic carboxylic acids is 1. The molecule has 4 nitrogen and oxygen atoms in total. The van der Waals surface area contributed by atoms with Gasteiger partial charge in [-0.15, -0.1) is 0 Å². The minimum absolute atomic E-state index is 0.630. The number of nitrogens with one attached hydrogen (secondary N) is 1. The zero-order chi connectivity index (χ0) is 10.7. The van der Waals surface area contributed by atoms with Crippen LogP contribution in [0, 0.1) is 0 Å². The molecular formula is C7H13F2NO3. The van der Waals surface area contributed by atoms with Gasteiger partial charge in [-0.25, -0.2) is 4.79 Å². The number of carboxylic acid groups (broad SMARTS) is 1. The summed E-state index contributed by atoms with van der Waals surface area (Å²) in [4.78, 5) is 14.7.